The van der Waals surface area contributed by atoms with Crippen LogP contribution in [0.4, 0.5) is 4.39 Å². The van der Waals surface area contributed by atoms with E-state index in [0.29, 0.717) is 5.56 Å². The van der Waals surface area contributed by atoms with Gasteiger partial charge in [-0.2, -0.15) is 0 Å². The highest BCUT2D eigenvalue weighted by atomic mass is 19.1. The summed E-state index contributed by atoms with van der Waals surface area (Å²) in [6.45, 7) is 3.24. The van der Waals surface area contributed by atoms with Crippen molar-refractivity contribution in [2.24, 2.45) is 0 Å². The fourth-order valence-corrected chi connectivity index (χ4v) is 0.662. The molecule has 0 N–H and O–H groups in total. The highest BCUT2D eigenvalue weighted by Gasteiger charge is 1.98. The van der Waals surface area contributed by atoms with Crippen molar-refractivity contribution in [3.63, 3.8) is 0 Å². The topological polar surface area (TPSA) is 0 Å². The van der Waals surface area contributed by atoms with Crippen LogP contribution in [0.1, 0.15) is 11.7 Å². The molecule has 9 heavy (non-hydrogen) atoms. The minimum absolute atomic E-state index is 0.637. The van der Waals surface area contributed by atoms with Crippen molar-refractivity contribution in [2.45, 2.75) is 6.17 Å². The van der Waals surface area contributed by atoms with Crippen LogP contribution in [0, 0.1) is 6.92 Å². The Kier molecular flexibility index (Phi) is 1.83. The van der Waals surface area contributed by atoms with Crippen LogP contribution in [0.2, 0.25) is 0 Å². The maximum atomic E-state index is 12.3. The Morgan fingerprint density at radius 3 is 2.11 bits per heavy atom. The van der Waals surface area contributed by atoms with Gasteiger partial charge in [0.2, 0.25) is 0 Å². The summed E-state index contributed by atoms with van der Waals surface area (Å²) >= 11 is 0. The van der Waals surface area contributed by atoms with Gasteiger partial charge in [-0.25, -0.2) is 4.39 Å². The number of rotatable bonds is 1. The van der Waals surface area contributed by atoms with E-state index in [1.807, 2.05) is 6.07 Å². The zero-order valence-electron chi connectivity index (χ0n) is 5.05. The molecule has 0 bridgehead atoms. The van der Waals surface area contributed by atoms with E-state index < -0.39 is 6.17 Å². The maximum Gasteiger partial charge on any atom is 0.125 e. The molecule has 0 saturated carbocycles. The molecule has 0 amide bonds. The molecule has 0 heterocycles. The molecule has 1 heteroatoms. The first-order valence-electron chi connectivity index (χ1n) is 2.83. The van der Waals surface area contributed by atoms with Crippen molar-refractivity contribution in [1.29, 1.82) is 0 Å². The van der Waals surface area contributed by atoms with Crippen LogP contribution < -0.4 is 0 Å². The number of halogens is 1. The smallest absolute Gasteiger partial charge is 0.125 e. The molecule has 1 aromatic rings. The van der Waals surface area contributed by atoms with E-state index in [0.717, 1.165) is 0 Å². The van der Waals surface area contributed by atoms with Gasteiger partial charge < -0.3 is 0 Å². The summed E-state index contributed by atoms with van der Waals surface area (Å²) in [5, 5.41) is 0. The predicted molar refractivity (Wildman–Crippen MR) is 35.6 cm³/mol. The molecule has 47 valence electrons. The minimum atomic E-state index is -1.09. The molecular formula is C8H8F. The minimum Gasteiger partial charge on any atom is -0.242 e. The molecule has 1 unspecified atom stereocenters. The largest absolute Gasteiger partial charge is 0.242 e. The van der Waals surface area contributed by atoms with E-state index in [1.165, 1.54) is 0 Å². The Hall–Kier alpha value is -0.850. The van der Waals surface area contributed by atoms with Crippen molar-refractivity contribution in [3.8, 4) is 0 Å². The lowest BCUT2D eigenvalue weighted by Crippen LogP contribution is -1.82. The van der Waals surface area contributed by atoms with Gasteiger partial charge in [0.05, 0.1) is 0 Å². The SMILES string of the molecule is [CH2]C(F)c1ccccc1. The Morgan fingerprint density at radius 1 is 1.22 bits per heavy atom. The first-order chi connectivity index (χ1) is 4.30. The van der Waals surface area contributed by atoms with E-state index in [9.17, 15) is 4.39 Å². The maximum absolute atomic E-state index is 12.3. The van der Waals surface area contributed by atoms with Gasteiger partial charge in [-0.3, -0.25) is 0 Å². The summed E-state index contributed by atoms with van der Waals surface area (Å²) in [6.07, 6.45) is -1.09. The second-order valence-corrected chi connectivity index (χ2v) is 1.88. The standard InChI is InChI=1S/C8H8F/c1-7(9)8-5-3-2-4-6-8/h2-7H,1H2. The quantitative estimate of drug-likeness (QED) is 0.538. The molecule has 0 spiro atoms. The van der Waals surface area contributed by atoms with E-state index >= 15 is 0 Å². The van der Waals surface area contributed by atoms with Crippen molar-refractivity contribution < 1.29 is 4.39 Å². The summed E-state index contributed by atoms with van der Waals surface area (Å²) in [6, 6.07) is 8.89. The van der Waals surface area contributed by atoms with Crippen molar-refractivity contribution >= 4 is 0 Å². The number of hydrogen-bond acceptors (Lipinski definition) is 0. The molecule has 0 aliphatic carbocycles. The van der Waals surface area contributed by atoms with Crippen LogP contribution in [-0.4, -0.2) is 0 Å². The first-order valence-corrected chi connectivity index (χ1v) is 2.83. The average Bonchev–Trinajstić information content (AvgIpc) is 1.90. The molecule has 0 fully saturated rings. The normalized spacial score (nSPS) is 13.1. The van der Waals surface area contributed by atoms with E-state index in [2.05, 4.69) is 6.92 Å². The lowest BCUT2D eigenvalue weighted by molar-refractivity contribution is 0.411. The van der Waals surface area contributed by atoms with Gasteiger partial charge in [0.25, 0.3) is 0 Å². The lowest BCUT2D eigenvalue weighted by atomic mass is 10.1. The van der Waals surface area contributed by atoms with Gasteiger partial charge in [0.1, 0.15) is 6.17 Å². The Bertz CT molecular complexity index is 167. The van der Waals surface area contributed by atoms with E-state index in [1.54, 1.807) is 24.3 Å². The van der Waals surface area contributed by atoms with Crippen molar-refractivity contribution in [1.82, 2.24) is 0 Å². The van der Waals surface area contributed by atoms with Crippen LogP contribution in [0.5, 0.6) is 0 Å². The van der Waals surface area contributed by atoms with Crippen LogP contribution in [-0.2, 0) is 0 Å². The van der Waals surface area contributed by atoms with Crippen LogP contribution in [0.25, 0.3) is 0 Å². The molecular weight excluding hydrogens is 115 g/mol. The van der Waals surface area contributed by atoms with Gasteiger partial charge in [-0.15, -0.1) is 0 Å². The highest BCUT2D eigenvalue weighted by Crippen LogP contribution is 2.13. The first kappa shape index (κ1) is 6.27. The Labute approximate surface area is 54.3 Å². The van der Waals surface area contributed by atoms with Gasteiger partial charge in [-0.1, -0.05) is 30.3 Å². The summed E-state index contributed by atoms with van der Waals surface area (Å²) in [5.74, 6) is 0. The van der Waals surface area contributed by atoms with Gasteiger partial charge >= 0.3 is 0 Å². The monoisotopic (exact) mass is 123 g/mol. The predicted octanol–water partition coefficient (Wildman–Crippen LogP) is 2.53. The van der Waals surface area contributed by atoms with E-state index in [-0.39, 0.29) is 0 Å². The Balaban J connectivity index is 2.85. The van der Waals surface area contributed by atoms with E-state index in [4.69, 9.17) is 0 Å². The molecule has 1 aromatic carbocycles. The lowest BCUT2D eigenvalue weighted by Gasteiger charge is -1.97. The zero-order chi connectivity index (χ0) is 6.69. The third-order valence-corrected chi connectivity index (χ3v) is 1.16. The summed E-state index contributed by atoms with van der Waals surface area (Å²) in [5.41, 5.74) is 0.637. The Morgan fingerprint density at radius 2 is 1.78 bits per heavy atom. The zero-order valence-corrected chi connectivity index (χ0v) is 5.05. The summed E-state index contributed by atoms with van der Waals surface area (Å²) < 4.78 is 12.3. The molecule has 0 nitrogen and oxygen atoms in total. The molecule has 1 rings (SSSR count). The molecule has 0 aliphatic heterocycles. The molecule has 0 aliphatic rings. The number of benzene rings is 1. The average molecular weight is 123 g/mol. The molecule has 0 aromatic heterocycles. The molecule has 1 atom stereocenters. The van der Waals surface area contributed by atoms with Gasteiger partial charge in [-0.05, 0) is 12.5 Å². The van der Waals surface area contributed by atoms with Crippen LogP contribution in [0.3, 0.4) is 0 Å². The number of alkyl halides is 1. The van der Waals surface area contributed by atoms with Crippen molar-refractivity contribution in [2.75, 3.05) is 0 Å². The second-order valence-electron chi connectivity index (χ2n) is 1.88. The molecule has 1 radical (unpaired) electrons. The summed E-state index contributed by atoms with van der Waals surface area (Å²) in [4.78, 5) is 0. The van der Waals surface area contributed by atoms with Crippen molar-refractivity contribution in [3.05, 3.63) is 42.8 Å². The molecule has 0 saturated heterocycles. The highest BCUT2D eigenvalue weighted by molar-refractivity contribution is 5.17. The van der Waals surface area contributed by atoms with Gasteiger partial charge in [0, 0.05) is 0 Å². The number of hydrogen-bond donors (Lipinski definition) is 0. The van der Waals surface area contributed by atoms with Gasteiger partial charge in [0.15, 0.2) is 0 Å². The summed E-state index contributed by atoms with van der Waals surface area (Å²) in [7, 11) is 0. The second kappa shape index (κ2) is 2.62. The third-order valence-electron chi connectivity index (χ3n) is 1.16. The fourth-order valence-electron chi connectivity index (χ4n) is 0.662. The fraction of sp³-hybridized carbons (Fsp3) is 0.125. The van der Waals surface area contributed by atoms with Crippen LogP contribution >= 0.6 is 0 Å². The van der Waals surface area contributed by atoms with Crippen LogP contribution in [0.15, 0.2) is 30.3 Å². The third kappa shape index (κ3) is 1.53.